The first-order valence-electron chi connectivity index (χ1n) is 8.87. The van der Waals surface area contributed by atoms with Gasteiger partial charge in [0.2, 0.25) is 6.10 Å². The van der Waals surface area contributed by atoms with Crippen LogP contribution in [-0.2, 0) is 16.6 Å². The zero-order chi connectivity index (χ0) is 20.4. The van der Waals surface area contributed by atoms with Gasteiger partial charge in [0, 0.05) is 7.05 Å². The van der Waals surface area contributed by atoms with Crippen molar-refractivity contribution in [2.75, 3.05) is 13.2 Å². The topological polar surface area (TPSA) is 107 Å². The van der Waals surface area contributed by atoms with E-state index in [9.17, 15) is 15.2 Å². The Kier molecular flexibility index (Phi) is 4.79. The molecule has 8 heteroatoms. The molecule has 0 fully saturated rings. The lowest BCUT2D eigenvalue weighted by Gasteiger charge is -2.24. The highest BCUT2D eigenvalue weighted by Crippen LogP contribution is 2.31. The van der Waals surface area contributed by atoms with Gasteiger partial charge < -0.3 is 23.9 Å². The number of aliphatic hydroxyl groups excluding tert-OH is 1. The van der Waals surface area contributed by atoms with Gasteiger partial charge in [-0.3, -0.25) is 0 Å². The van der Waals surface area contributed by atoms with Crippen molar-refractivity contribution < 1.29 is 24.1 Å². The minimum Gasteiger partial charge on any atom is -0.507 e. The van der Waals surface area contributed by atoms with Crippen LogP contribution in [0, 0.1) is 11.3 Å². The first-order chi connectivity index (χ1) is 14.1. The third-order valence-electron chi connectivity index (χ3n) is 4.53. The Morgan fingerprint density at radius 1 is 1.28 bits per heavy atom. The van der Waals surface area contributed by atoms with Crippen molar-refractivity contribution in [3.63, 3.8) is 0 Å². The van der Waals surface area contributed by atoms with Crippen LogP contribution < -0.4 is 9.47 Å². The molecule has 3 aromatic rings. The van der Waals surface area contributed by atoms with Crippen molar-refractivity contribution in [1.82, 2.24) is 9.55 Å². The SMILES string of the molecule is Cn1c(/C(C#N)=C(\O)COC(=O)[C@@H]2COc3ccccc3O2)nc2ccccc21. The summed E-state index contributed by atoms with van der Waals surface area (Å²) < 4.78 is 17.9. The lowest BCUT2D eigenvalue weighted by molar-refractivity contribution is -0.154. The molecule has 1 aliphatic heterocycles. The molecule has 4 rings (SSSR count). The van der Waals surface area contributed by atoms with Gasteiger partial charge in [-0.05, 0) is 24.3 Å². The van der Waals surface area contributed by atoms with Crippen molar-refractivity contribution in [2.45, 2.75) is 6.10 Å². The Hall–Kier alpha value is -3.99. The smallest absolute Gasteiger partial charge is 0.351 e. The van der Waals surface area contributed by atoms with Crippen LogP contribution in [0.15, 0.2) is 54.3 Å². The van der Waals surface area contributed by atoms with E-state index in [1.807, 2.05) is 30.3 Å². The Labute approximate surface area is 166 Å². The van der Waals surface area contributed by atoms with Crippen LogP contribution >= 0.6 is 0 Å². The molecular formula is C21H17N3O5. The number of aliphatic hydroxyl groups is 1. The summed E-state index contributed by atoms with van der Waals surface area (Å²) in [6.45, 7) is -0.484. The first-order valence-corrected chi connectivity index (χ1v) is 8.87. The van der Waals surface area contributed by atoms with Crippen LogP contribution in [0.25, 0.3) is 16.6 Å². The molecule has 0 spiro atoms. The molecule has 2 aromatic carbocycles. The van der Waals surface area contributed by atoms with Crippen LogP contribution in [0.5, 0.6) is 11.5 Å². The second-order valence-electron chi connectivity index (χ2n) is 6.39. The molecule has 0 amide bonds. The maximum absolute atomic E-state index is 12.3. The van der Waals surface area contributed by atoms with E-state index in [4.69, 9.17) is 14.2 Å². The maximum atomic E-state index is 12.3. The Morgan fingerprint density at radius 3 is 2.76 bits per heavy atom. The number of esters is 1. The zero-order valence-corrected chi connectivity index (χ0v) is 15.5. The first kappa shape index (κ1) is 18.4. The van der Waals surface area contributed by atoms with Gasteiger partial charge in [0.25, 0.3) is 0 Å². The van der Waals surface area contributed by atoms with E-state index in [1.54, 1.807) is 35.9 Å². The van der Waals surface area contributed by atoms with E-state index in [0.717, 1.165) is 5.52 Å². The molecule has 0 aliphatic carbocycles. The largest absolute Gasteiger partial charge is 0.507 e. The second kappa shape index (κ2) is 7.56. The highest BCUT2D eigenvalue weighted by Gasteiger charge is 2.29. The summed E-state index contributed by atoms with van der Waals surface area (Å²) in [4.78, 5) is 16.7. The minimum absolute atomic E-state index is 0.00378. The molecule has 0 radical (unpaired) electrons. The monoisotopic (exact) mass is 391 g/mol. The zero-order valence-electron chi connectivity index (χ0n) is 15.5. The summed E-state index contributed by atoms with van der Waals surface area (Å²) in [6, 6.07) is 16.3. The summed E-state index contributed by atoms with van der Waals surface area (Å²) in [6.07, 6.45) is -0.959. The van der Waals surface area contributed by atoms with E-state index >= 15 is 0 Å². The summed E-state index contributed by atoms with van der Waals surface area (Å²) in [5.74, 6) is 0.184. The van der Waals surface area contributed by atoms with Gasteiger partial charge in [0.05, 0.1) is 11.0 Å². The summed E-state index contributed by atoms with van der Waals surface area (Å²) >= 11 is 0. The molecule has 0 saturated heterocycles. The second-order valence-corrected chi connectivity index (χ2v) is 6.39. The number of nitriles is 1. The molecule has 1 atom stereocenters. The summed E-state index contributed by atoms with van der Waals surface area (Å²) in [5.41, 5.74) is 1.43. The fourth-order valence-electron chi connectivity index (χ4n) is 3.05. The Bertz CT molecular complexity index is 1160. The predicted octanol–water partition coefficient (Wildman–Crippen LogP) is 2.75. The minimum atomic E-state index is -0.959. The fourth-order valence-corrected chi connectivity index (χ4v) is 3.05. The summed E-state index contributed by atoms with van der Waals surface area (Å²) in [7, 11) is 1.74. The number of aromatic nitrogens is 2. The number of hydrogen-bond donors (Lipinski definition) is 1. The van der Waals surface area contributed by atoms with Crippen LogP contribution in [0.3, 0.4) is 0 Å². The van der Waals surface area contributed by atoms with Crippen molar-refractivity contribution in [3.8, 4) is 17.6 Å². The molecule has 0 saturated carbocycles. The third kappa shape index (κ3) is 3.46. The molecular weight excluding hydrogens is 374 g/mol. The average molecular weight is 391 g/mol. The normalized spacial score (nSPS) is 16.1. The van der Waals surface area contributed by atoms with Crippen molar-refractivity contribution in [2.24, 2.45) is 7.05 Å². The Morgan fingerprint density at radius 2 is 2.00 bits per heavy atom. The van der Waals surface area contributed by atoms with E-state index in [1.165, 1.54) is 0 Å². The number of fused-ring (bicyclic) bond motifs is 2. The molecule has 29 heavy (non-hydrogen) atoms. The molecule has 0 unspecified atom stereocenters. The number of benzene rings is 2. The average Bonchev–Trinajstić information content (AvgIpc) is 3.08. The molecule has 0 bridgehead atoms. The standard InChI is InChI=1S/C21H17N3O5/c1-24-15-7-3-2-6-14(15)23-20(24)13(10-22)16(25)11-28-21(26)19-12-27-17-8-4-5-9-18(17)29-19/h2-9,19,25H,11-12H2,1H3/b16-13-/t19-/m0/s1. The molecule has 8 nitrogen and oxygen atoms in total. The molecule has 1 aromatic heterocycles. The fraction of sp³-hybridized carbons (Fsp3) is 0.190. The number of hydrogen-bond acceptors (Lipinski definition) is 7. The van der Waals surface area contributed by atoms with Crippen LogP contribution in [0.2, 0.25) is 0 Å². The number of carbonyl (C=O) groups excluding carboxylic acids is 1. The van der Waals surface area contributed by atoms with Crippen LogP contribution in [0.1, 0.15) is 5.82 Å². The van der Waals surface area contributed by atoms with Crippen LogP contribution in [0.4, 0.5) is 0 Å². The molecule has 2 heterocycles. The van der Waals surface area contributed by atoms with Gasteiger partial charge in [-0.1, -0.05) is 24.3 Å². The molecule has 1 N–H and O–H groups in total. The number of aryl methyl sites for hydroxylation is 1. The number of rotatable bonds is 4. The highest BCUT2D eigenvalue weighted by molar-refractivity contribution is 5.84. The Balaban J connectivity index is 1.49. The number of imidazole rings is 1. The van der Waals surface area contributed by atoms with Crippen molar-refractivity contribution in [1.29, 1.82) is 5.26 Å². The number of nitrogens with zero attached hydrogens (tertiary/aromatic N) is 3. The number of ether oxygens (including phenoxy) is 3. The summed E-state index contributed by atoms with van der Waals surface area (Å²) in [5, 5.41) is 19.9. The number of carbonyl (C=O) groups is 1. The van der Waals surface area contributed by atoms with E-state index in [0.29, 0.717) is 17.0 Å². The highest BCUT2D eigenvalue weighted by atomic mass is 16.6. The number of para-hydroxylation sites is 4. The van der Waals surface area contributed by atoms with Crippen LogP contribution in [-0.4, -0.2) is 39.9 Å². The van der Waals surface area contributed by atoms with Crippen molar-refractivity contribution in [3.05, 3.63) is 60.1 Å². The van der Waals surface area contributed by atoms with E-state index in [-0.39, 0.29) is 18.0 Å². The number of allylic oxidation sites excluding steroid dienone is 1. The quantitative estimate of drug-likeness (QED) is 0.414. The third-order valence-corrected chi connectivity index (χ3v) is 4.53. The van der Waals surface area contributed by atoms with Gasteiger partial charge >= 0.3 is 5.97 Å². The van der Waals surface area contributed by atoms with Gasteiger partial charge in [-0.2, -0.15) is 5.26 Å². The van der Waals surface area contributed by atoms with Gasteiger partial charge in [0.15, 0.2) is 23.1 Å². The maximum Gasteiger partial charge on any atom is 0.351 e. The molecule has 146 valence electrons. The van der Waals surface area contributed by atoms with Gasteiger partial charge in [0.1, 0.15) is 24.9 Å². The van der Waals surface area contributed by atoms with Gasteiger partial charge in [-0.15, -0.1) is 0 Å². The van der Waals surface area contributed by atoms with Gasteiger partial charge in [-0.25, -0.2) is 9.78 Å². The lowest BCUT2D eigenvalue weighted by Crippen LogP contribution is -2.38. The predicted molar refractivity (Wildman–Crippen MR) is 103 cm³/mol. The molecule has 1 aliphatic rings. The van der Waals surface area contributed by atoms with E-state index < -0.39 is 24.4 Å². The lowest BCUT2D eigenvalue weighted by atomic mass is 10.2. The van der Waals surface area contributed by atoms with E-state index in [2.05, 4.69) is 4.98 Å². The van der Waals surface area contributed by atoms with Crippen molar-refractivity contribution >= 4 is 22.6 Å².